The number of piperidine rings is 2. The molecule has 43 heavy (non-hydrogen) atoms. The SMILES string of the molecule is COc1ccc(CN2CCC(NC(=O)c3cccc(OC4CCN(CC(=C/N)/C=N/c5ccccn5)CC4)c3)CC2)cc1. The first-order valence-corrected chi connectivity index (χ1v) is 15.1. The van der Waals surface area contributed by atoms with Crippen molar-refractivity contribution in [3.63, 3.8) is 0 Å². The van der Waals surface area contributed by atoms with Crippen LogP contribution in [0.15, 0.2) is 89.7 Å². The Morgan fingerprint density at radius 2 is 1.74 bits per heavy atom. The second kappa shape index (κ2) is 15.3. The number of ether oxygens (including phenoxy) is 2. The van der Waals surface area contributed by atoms with Crippen LogP contribution in [0.25, 0.3) is 0 Å². The first-order valence-electron chi connectivity index (χ1n) is 15.1. The van der Waals surface area contributed by atoms with Crippen molar-refractivity contribution in [1.29, 1.82) is 0 Å². The van der Waals surface area contributed by atoms with Crippen LogP contribution in [0.2, 0.25) is 0 Å². The van der Waals surface area contributed by atoms with Gasteiger partial charge in [-0.1, -0.05) is 24.3 Å². The van der Waals surface area contributed by atoms with Crippen LogP contribution in [-0.4, -0.2) is 78.9 Å². The van der Waals surface area contributed by atoms with Crippen LogP contribution in [-0.2, 0) is 6.54 Å². The lowest BCUT2D eigenvalue weighted by Crippen LogP contribution is -2.44. The number of amides is 1. The van der Waals surface area contributed by atoms with Crippen LogP contribution in [0.1, 0.15) is 41.6 Å². The zero-order valence-corrected chi connectivity index (χ0v) is 24.9. The van der Waals surface area contributed by atoms with Crippen LogP contribution in [0.3, 0.4) is 0 Å². The third-order valence-corrected chi connectivity index (χ3v) is 8.05. The fourth-order valence-electron chi connectivity index (χ4n) is 5.56. The number of hydrogen-bond acceptors (Lipinski definition) is 8. The van der Waals surface area contributed by atoms with E-state index in [0.29, 0.717) is 11.4 Å². The van der Waals surface area contributed by atoms with Crippen molar-refractivity contribution >= 4 is 17.9 Å². The van der Waals surface area contributed by atoms with Gasteiger partial charge < -0.3 is 20.5 Å². The van der Waals surface area contributed by atoms with Gasteiger partial charge in [0.25, 0.3) is 5.91 Å². The zero-order chi connectivity index (χ0) is 29.9. The molecular formula is C34H42N6O3. The summed E-state index contributed by atoms with van der Waals surface area (Å²) in [4.78, 5) is 26.5. The summed E-state index contributed by atoms with van der Waals surface area (Å²) >= 11 is 0. The van der Waals surface area contributed by atoms with E-state index in [1.807, 2.05) is 54.6 Å². The van der Waals surface area contributed by atoms with E-state index in [-0.39, 0.29) is 18.1 Å². The first kappa shape index (κ1) is 30.3. The molecule has 0 bridgehead atoms. The number of nitrogens with two attached hydrogens (primary N) is 1. The Bertz CT molecular complexity index is 1360. The summed E-state index contributed by atoms with van der Waals surface area (Å²) in [6, 6.07) is 21.6. The minimum absolute atomic E-state index is 0.0395. The van der Waals surface area contributed by atoms with Gasteiger partial charge in [0, 0.05) is 63.3 Å². The van der Waals surface area contributed by atoms with Crippen molar-refractivity contribution in [2.75, 3.05) is 39.8 Å². The van der Waals surface area contributed by atoms with E-state index in [1.165, 1.54) is 5.56 Å². The van der Waals surface area contributed by atoms with Crippen molar-refractivity contribution < 1.29 is 14.3 Å². The number of carbonyl (C=O) groups is 1. The van der Waals surface area contributed by atoms with Crippen molar-refractivity contribution in [2.45, 2.75) is 44.4 Å². The number of benzene rings is 2. The molecule has 1 amide bonds. The number of aliphatic imine (C=N–C) groups is 1. The lowest BCUT2D eigenvalue weighted by molar-refractivity contribution is 0.0905. The second-order valence-corrected chi connectivity index (χ2v) is 11.2. The molecule has 0 radical (unpaired) electrons. The van der Waals surface area contributed by atoms with Crippen LogP contribution in [0.4, 0.5) is 5.82 Å². The minimum atomic E-state index is -0.0395. The van der Waals surface area contributed by atoms with Crippen LogP contribution in [0, 0.1) is 0 Å². The predicted octanol–water partition coefficient (Wildman–Crippen LogP) is 4.57. The Balaban J connectivity index is 1.04. The van der Waals surface area contributed by atoms with Crippen molar-refractivity contribution in [2.24, 2.45) is 10.7 Å². The van der Waals surface area contributed by atoms with Gasteiger partial charge in [0.1, 0.15) is 17.6 Å². The molecule has 0 unspecified atom stereocenters. The molecule has 226 valence electrons. The Morgan fingerprint density at radius 1 is 0.977 bits per heavy atom. The van der Waals surface area contributed by atoms with E-state index >= 15 is 0 Å². The number of nitrogens with zero attached hydrogens (tertiary/aromatic N) is 4. The van der Waals surface area contributed by atoms with Crippen LogP contribution < -0.4 is 20.5 Å². The predicted molar refractivity (Wildman–Crippen MR) is 170 cm³/mol. The van der Waals surface area contributed by atoms with Gasteiger partial charge in [-0.3, -0.25) is 14.6 Å². The lowest BCUT2D eigenvalue weighted by Gasteiger charge is -2.32. The standard InChI is InChI=1S/C34H42N6O3/c1-42-30-10-8-26(9-11-30)24-39-17-12-29(13-18-39)38-34(41)28-5-4-6-32(21-28)43-31-14-19-40(20-15-31)25-27(22-35)23-37-33-7-2-3-16-36-33/h2-11,16,21-23,29,31H,12-15,17-20,24-25,35H2,1H3,(H,38,41)/b27-22+,37-23+. The summed E-state index contributed by atoms with van der Waals surface area (Å²) in [5, 5.41) is 3.24. The zero-order valence-electron chi connectivity index (χ0n) is 24.9. The number of hydrogen-bond donors (Lipinski definition) is 2. The number of aromatic nitrogens is 1. The van der Waals surface area contributed by atoms with Gasteiger partial charge in [-0.05, 0) is 85.5 Å². The molecule has 0 atom stereocenters. The summed E-state index contributed by atoms with van der Waals surface area (Å²) < 4.78 is 11.6. The fraction of sp³-hybridized carbons (Fsp3) is 0.382. The van der Waals surface area contributed by atoms with Crippen LogP contribution >= 0.6 is 0 Å². The molecule has 3 heterocycles. The molecule has 1 aromatic heterocycles. The summed E-state index contributed by atoms with van der Waals surface area (Å²) in [6.07, 6.45) is 8.91. The molecule has 0 saturated carbocycles. The topological polar surface area (TPSA) is 105 Å². The highest BCUT2D eigenvalue weighted by atomic mass is 16.5. The van der Waals surface area contributed by atoms with Gasteiger partial charge in [0.2, 0.25) is 0 Å². The highest BCUT2D eigenvalue weighted by molar-refractivity contribution is 5.94. The Hall–Kier alpha value is -4.21. The van der Waals surface area contributed by atoms with Gasteiger partial charge in [-0.25, -0.2) is 9.98 Å². The van der Waals surface area contributed by atoms with Gasteiger partial charge in [-0.2, -0.15) is 0 Å². The van der Waals surface area contributed by atoms with Gasteiger partial charge >= 0.3 is 0 Å². The van der Waals surface area contributed by atoms with Gasteiger partial charge in [0.05, 0.1) is 7.11 Å². The number of nitrogens with one attached hydrogen (secondary N) is 1. The minimum Gasteiger partial charge on any atom is -0.497 e. The summed E-state index contributed by atoms with van der Waals surface area (Å²) in [5.74, 6) is 2.24. The molecule has 2 fully saturated rings. The molecule has 2 saturated heterocycles. The quantitative estimate of drug-likeness (QED) is 0.319. The van der Waals surface area contributed by atoms with Crippen molar-refractivity contribution in [3.05, 3.63) is 95.8 Å². The van der Waals surface area contributed by atoms with Gasteiger partial charge in [0.15, 0.2) is 5.82 Å². The molecule has 2 aliphatic rings. The lowest BCUT2D eigenvalue weighted by atomic mass is 10.0. The van der Waals surface area contributed by atoms with E-state index < -0.39 is 0 Å². The highest BCUT2D eigenvalue weighted by Gasteiger charge is 2.23. The normalized spacial score (nSPS) is 17.7. The van der Waals surface area contributed by atoms with E-state index in [9.17, 15) is 4.79 Å². The Morgan fingerprint density at radius 3 is 2.44 bits per heavy atom. The maximum absolute atomic E-state index is 13.1. The first-order chi connectivity index (χ1) is 21.1. The molecule has 0 aliphatic carbocycles. The van der Waals surface area contributed by atoms with E-state index in [1.54, 1.807) is 25.7 Å². The number of pyridine rings is 1. The number of rotatable bonds is 11. The van der Waals surface area contributed by atoms with Crippen molar-refractivity contribution in [1.82, 2.24) is 20.1 Å². The summed E-state index contributed by atoms with van der Waals surface area (Å²) in [6.45, 7) is 5.36. The molecular weight excluding hydrogens is 540 g/mol. The number of likely N-dealkylation sites (tertiary alicyclic amines) is 2. The van der Waals surface area contributed by atoms with E-state index in [0.717, 1.165) is 82.0 Å². The number of carbonyl (C=O) groups excluding carboxylic acids is 1. The molecule has 2 aromatic carbocycles. The second-order valence-electron chi connectivity index (χ2n) is 11.2. The third kappa shape index (κ3) is 9.14. The highest BCUT2D eigenvalue weighted by Crippen LogP contribution is 2.22. The Kier molecular flexibility index (Phi) is 10.8. The van der Waals surface area contributed by atoms with E-state index in [4.69, 9.17) is 15.2 Å². The molecule has 9 heteroatoms. The maximum atomic E-state index is 13.1. The molecule has 3 N–H and O–H groups in total. The third-order valence-electron chi connectivity index (χ3n) is 8.05. The summed E-state index contributed by atoms with van der Waals surface area (Å²) in [5.41, 5.74) is 8.72. The Labute approximate surface area is 254 Å². The molecule has 5 rings (SSSR count). The molecule has 2 aliphatic heterocycles. The van der Waals surface area contributed by atoms with Crippen molar-refractivity contribution in [3.8, 4) is 11.5 Å². The average Bonchev–Trinajstić information content (AvgIpc) is 3.05. The van der Waals surface area contributed by atoms with Gasteiger partial charge in [-0.15, -0.1) is 0 Å². The molecule has 0 spiro atoms. The number of methoxy groups -OCH3 is 1. The van der Waals surface area contributed by atoms with E-state index in [2.05, 4.69) is 37.2 Å². The average molecular weight is 583 g/mol. The largest absolute Gasteiger partial charge is 0.497 e. The van der Waals surface area contributed by atoms with Crippen LogP contribution in [0.5, 0.6) is 11.5 Å². The smallest absolute Gasteiger partial charge is 0.251 e. The monoisotopic (exact) mass is 582 g/mol. The molecule has 3 aromatic rings. The fourth-order valence-corrected chi connectivity index (χ4v) is 5.56. The summed E-state index contributed by atoms with van der Waals surface area (Å²) in [7, 11) is 1.68. The molecule has 9 nitrogen and oxygen atoms in total. The maximum Gasteiger partial charge on any atom is 0.251 e.